The smallest absolute Gasteiger partial charge is 0.294 e. The largest absolute Gasteiger partial charge is 0.488 e. The molecule has 8 heteroatoms. The highest BCUT2D eigenvalue weighted by Crippen LogP contribution is 2.37. The highest BCUT2D eigenvalue weighted by molar-refractivity contribution is 9.10. The first-order valence-electron chi connectivity index (χ1n) is 13.0. The summed E-state index contributed by atoms with van der Waals surface area (Å²) in [6, 6.07) is 27.6. The van der Waals surface area contributed by atoms with E-state index in [0.29, 0.717) is 25.4 Å². The number of rotatable bonds is 6. The predicted octanol–water partition coefficient (Wildman–Crippen LogP) is 6.80. The lowest BCUT2D eigenvalue weighted by molar-refractivity contribution is -0.136. The van der Waals surface area contributed by atoms with Crippen LogP contribution in [0.5, 0.6) is 5.75 Å². The molecule has 0 radical (unpaired) electrons. The van der Waals surface area contributed by atoms with Crippen LogP contribution in [0.3, 0.4) is 0 Å². The summed E-state index contributed by atoms with van der Waals surface area (Å²) in [5.74, 6) is -0.0919. The summed E-state index contributed by atoms with van der Waals surface area (Å²) in [5, 5.41) is 1.45. The molecule has 0 aliphatic carbocycles. The number of imide groups is 1. The van der Waals surface area contributed by atoms with Crippen LogP contribution >= 0.6 is 27.7 Å². The number of hydrogen-bond acceptors (Lipinski definition) is 5. The number of carbonyl (C=O) groups is 3. The number of thioether (sulfide) groups is 1. The maximum Gasteiger partial charge on any atom is 0.294 e. The molecule has 1 saturated heterocycles. The maximum atomic E-state index is 13.4. The second-order valence-corrected chi connectivity index (χ2v) is 11.6. The first-order chi connectivity index (χ1) is 19.5. The first-order valence-corrected chi connectivity index (χ1v) is 14.6. The number of amides is 3. The highest BCUT2D eigenvalue weighted by Gasteiger charge is 2.37. The van der Waals surface area contributed by atoms with E-state index in [1.54, 1.807) is 11.0 Å². The molecular formula is C32H25BrN2O4S. The van der Waals surface area contributed by atoms with E-state index in [1.165, 1.54) is 5.56 Å². The van der Waals surface area contributed by atoms with Gasteiger partial charge in [0.25, 0.3) is 11.1 Å². The third kappa shape index (κ3) is 5.42. The number of halogens is 1. The van der Waals surface area contributed by atoms with Gasteiger partial charge in [-0.1, -0.05) is 82.7 Å². The molecule has 3 amide bonds. The van der Waals surface area contributed by atoms with E-state index in [4.69, 9.17) is 4.74 Å². The van der Waals surface area contributed by atoms with Crippen molar-refractivity contribution in [2.24, 2.45) is 0 Å². The van der Waals surface area contributed by atoms with Crippen molar-refractivity contribution in [1.29, 1.82) is 0 Å². The lowest BCUT2D eigenvalue weighted by Gasteiger charge is -2.29. The van der Waals surface area contributed by atoms with Crippen LogP contribution in [-0.4, -0.2) is 39.9 Å². The molecule has 0 unspecified atom stereocenters. The number of ether oxygens (including phenoxy) is 1. The van der Waals surface area contributed by atoms with E-state index in [-0.39, 0.29) is 17.4 Å². The Bertz CT molecular complexity index is 1670. The van der Waals surface area contributed by atoms with Crippen LogP contribution in [0.15, 0.2) is 94.3 Å². The van der Waals surface area contributed by atoms with Crippen LogP contribution in [0.4, 0.5) is 4.79 Å². The number of carbonyl (C=O) groups excluding carboxylic acids is 3. The van der Waals surface area contributed by atoms with E-state index in [2.05, 4.69) is 22.0 Å². The molecule has 6 rings (SSSR count). The second-order valence-electron chi connectivity index (χ2n) is 9.72. The van der Waals surface area contributed by atoms with E-state index < -0.39 is 11.1 Å². The summed E-state index contributed by atoms with van der Waals surface area (Å²) in [6.07, 6.45) is 2.47. The summed E-state index contributed by atoms with van der Waals surface area (Å²) in [6.45, 7) is 1.13. The van der Waals surface area contributed by atoms with Gasteiger partial charge in [-0.05, 0) is 69.9 Å². The van der Waals surface area contributed by atoms with Crippen molar-refractivity contribution in [3.8, 4) is 5.75 Å². The van der Waals surface area contributed by atoms with Gasteiger partial charge >= 0.3 is 0 Å². The highest BCUT2D eigenvalue weighted by atomic mass is 79.9. The van der Waals surface area contributed by atoms with Gasteiger partial charge in [-0.3, -0.25) is 19.3 Å². The summed E-state index contributed by atoms with van der Waals surface area (Å²) < 4.78 is 7.19. The number of fused-ring (bicyclic) bond motifs is 2. The lowest BCUT2D eigenvalue weighted by atomic mass is 10.00. The van der Waals surface area contributed by atoms with Crippen molar-refractivity contribution in [1.82, 2.24) is 9.80 Å². The fourth-order valence-corrected chi connectivity index (χ4v) is 6.09. The molecule has 4 aromatic rings. The van der Waals surface area contributed by atoms with Crippen molar-refractivity contribution < 1.29 is 19.1 Å². The van der Waals surface area contributed by atoms with E-state index in [9.17, 15) is 14.4 Å². The van der Waals surface area contributed by atoms with Crippen molar-refractivity contribution in [2.45, 2.75) is 19.6 Å². The van der Waals surface area contributed by atoms with Crippen LogP contribution in [0.2, 0.25) is 0 Å². The standard InChI is InChI=1S/C32H25BrN2O4S/c33-25-12-9-21(10-13-25)20-39-28-14-11-23-6-3-4-8-26(23)27(28)17-29-31(37)35(32(38)40-29)19-30(36)34-16-15-22-5-1-2-7-24(22)18-34/h1-14,17H,15-16,18-20H2/b29-17-. The molecule has 2 aliphatic rings. The SMILES string of the molecule is O=C(CN1C(=O)S/C(=C\c2c(OCc3ccc(Br)cc3)ccc3ccccc23)C1=O)N1CCc2ccccc2C1. The minimum absolute atomic E-state index is 0.235. The van der Waals surface area contributed by atoms with Gasteiger partial charge in [0.05, 0.1) is 4.91 Å². The van der Waals surface area contributed by atoms with Gasteiger partial charge in [0, 0.05) is 23.1 Å². The molecule has 0 saturated carbocycles. The zero-order valence-corrected chi connectivity index (χ0v) is 23.9. The van der Waals surface area contributed by atoms with Gasteiger partial charge in [0.2, 0.25) is 5.91 Å². The molecule has 0 N–H and O–H groups in total. The zero-order chi connectivity index (χ0) is 27.6. The Kier molecular flexibility index (Phi) is 7.45. The van der Waals surface area contributed by atoms with Gasteiger partial charge in [-0.15, -0.1) is 0 Å². The van der Waals surface area contributed by atoms with Crippen LogP contribution in [-0.2, 0) is 29.2 Å². The van der Waals surface area contributed by atoms with Crippen LogP contribution < -0.4 is 4.74 Å². The van der Waals surface area contributed by atoms with E-state index in [1.807, 2.05) is 78.9 Å². The average Bonchev–Trinajstić information content (AvgIpc) is 3.24. The fourth-order valence-electron chi connectivity index (χ4n) is 5.00. The Labute approximate surface area is 244 Å². The third-order valence-corrected chi connectivity index (χ3v) is 8.60. The van der Waals surface area contributed by atoms with Crippen LogP contribution in [0, 0.1) is 0 Å². The molecule has 200 valence electrons. The van der Waals surface area contributed by atoms with Crippen molar-refractivity contribution in [3.05, 3.63) is 117 Å². The molecule has 0 bridgehead atoms. The van der Waals surface area contributed by atoms with Gasteiger partial charge < -0.3 is 9.64 Å². The third-order valence-electron chi connectivity index (χ3n) is 7.16. The Morgan fingerprint density at radius 3 is 2.50 bits per heavy atom. The Hall–Kier alpha value is -3.88. The molecule has 0 atom stereocenters. The molecule has 2 aliphatic heterocycles. The summed E-state index contributed by atoms with van der Waals surface area (Å²) in [7, 11) is 0. The topological polar surface area (TPSA) is 66.9 Å². The molecule has 0 aromatic heterocycles. The Morgan fingerprint density at radius 1 is 0.925 bits per heavy atom. The summed E-state index contributed by atoms with van der Waals surface area (Å²) >= 11 is 4.30. The lowest BCUT2D eigenvalue weighted by Crippen LogP contribution is -2.44. The summed E-state index contributed by atoms with van der Waals surface area (Å²) in [4.78, 5) is 42.5. The first kappa shape index (κ1) is 26.3. The molecule has 4 aromatic carbocycles. The average molecular weight is 614 g/mol. The second kappa shape index (κ2) is 11.3. The van der Waals surface area contributed by atoms with Crippen molar-refractivity contribution in [2.75, 3.05) is 13.1 Å². The normalized spacial score (nSPS) is 16.1. The Balaban J connectivity index is 1.24. The van der Waals surface area contributed by atoms with Crippen LogP contribution in [0.25, 0.3) is 16.8 Å². The Morgan fingerprint density at radius 2 is 1.68 bits per heavy atom. The molecule has 0 spiro atoms. The number of nitrogens with zero attached hydrogens (tertiary/aromatic N) is 2. The minimum Gasteiger partial charge on any atom is -0.488 e. The van der Waals surface area contributed by atoms with E-state index in [0.717, 1.165) is 55.0 Å². The predicted molar refractivity (Wildman–Crippen MR) is 161 cm³/mol. The van der Waals surface area contributed by atoms with Gasteiger partial charge in [0.15, 0.2) is 0 Å². The quantitative estimate of drug-likeness (QED) is 0.224. The van der Waals surface area contributed by atoms with Crippen molar-refractivity contribution >= 4 is 61.6 Å². The molecule has 6 nitrogen and oxygen atoms in total. The van der Waals surface area contributed by atoms with Gasteiger partial charge in [0.1, 0.15) is 18.9 Å². The van der Waals surface area contributed by atoms with Gasteiger partial charge in [-0.2, -0.15) is 0 Å². The molecule has 1 fully saturated rings. The number of hydrogen-bond donors (Lipinski definition) is 0. The fraction of sp³-hybridized carbons (Fsp3) is 0.156. The van der Waals surface area contributed by atoms with Crippen molar-refractivity contribution in [3.63, 3.8) is 0 Å². The molecular weight excluding hydrogens is 588 g/mol. The monoisotopic (exact) mass is 612 g/mol. The zero-order valence-electron chi connectivity index (χ0n) is 21.5. The summed E-state index contributed by atoms with van der Waals surface area (Å²) in [5.41, 5.74) is 4.05. The molecule has 40 heavy (non-hydrogen) atoms. The number of benzene rings is 4. The van der Waals surface area contributed by atoms with Crippen LogP contribution in [0.1, 0.15) is 22.3 Å². The van der Waals surface area contributed by atoms with E-state index >= 15 is 0 Å². The minimum atomic E-state index is -0.465. The van der Waals surface area contributed by atoms with Gasteiger partial charge in [-0.25, -0.2) is 0 Å². The maximum absolute atomic E-state index is 13.4. The molecule has 2 heterocycles.